The minimum atomic E-state index is 0.102. The number of nitrogen functional groups attached to an aromatic ring is 1. The van der Waals surface area contributed by atoms with Crippen LogP contribution in [0.25, 0.3) is 0 Å². The van der Waals surface area contributed by atoms with Crippen molar-refractivity contribution in [1.82, 2.24) is 9.97 Å². The van der Waals surface area contributed by atoms with Crippen LogP contribution in [0, 0.1) is 0 Å². The highest BCUT2D eigenvalue weighted by atomic mass is 16.5. The third-order valence-corrected chi connectivity index (χ3v) is 3.42. The molecule has 2 rings (SSSR count). The molecule has 1 aromatic rings. The molecular formula is C13H22N4O. The van der Waals surface area contributed by atoms with Crippen molar-refractivity contribution in [2.24, 2.45) is 0 Å². The van der Waals surface area contributed by atoms with Crippen LogP contribution in [-0.2, 0) is 0 Å². The first-order valence-electron chi connectivity index (χ1n) is 6.66. The van der Waals surface area contributed by atoms with Crippen LogP contribution < -0.4 is 15.8 Å². The van der Waals surface area contributed by atoms with Gasteiger partial charge < -0.3 is 15.8 Å². The number of anilines is 2. The fourth-order valence-corrected chi connectivity index (χ4v) is 2.36. The molecule has 0 bridgehead atoms. The number of hydrogen-bond acceptors (Lipinski definition) is 5. The Balaban J connectivity index is 2.12. The maximum atomic E-state index is 6.05. The van der Waals surface area contributed by atoms with E-state index < -0.39 is 0 Å². The fourth-order valence-electron chi connectivity index (χ4n) is 2.36. The highest BCUT2D eigenvalue weighted by Crippen LogP contribution is 2.35. The van der Waals surface area contributed by atoms with Gasteiger partial charge in [-0.3, -0.25) is 0 Å². The second-order valence-corrected chi connectivity index (χ2v) is 5.18. The van der Waals surface area contributed by atoms with Gasteiger partial charge in [0.1, 0.15) is 12.0 Å². The summed E-state index contributed by atoms with van der Waals surface area (Å²) >= 11 is 0. The summed E-state index contributed by atoms with van der Waals surface area (Å²) < 4.78 is 5.51. The molecule has 1 aromatic heterocycles. The van der Waals surface area contributed by atoms with Gasteiger partial charge in [-0.2, -0.15) is 4.98 Å². The number of aromatic nitrogens is 2. The Morgan fingerprint density at radius 3 is 2.78 bits per heavy atom. The summed E-state index contributed by atoms with van der Waals surface area (Å²) in [4.78, 5) is 8.30. The molecule has 1 saturated carbocycles. The van der Waals surface area contributed by atoms with Crippen molar-refractivity contribution >= 4 is 11.5 Å². The van der Waals surface area contributed by atoms with Crippen LogP contribution in [-0.4, -0.2) is 22.1 Å². The Kier molecular flexibility index (Phi) is 3.89. The van der Waals surface area contributed by atoms with Gasteiger partial charge in [0.25, 0.3) is 0 Å². The molecule has 0 aromatic carbocycles. The van der Waals surface area contributed by atoms with Crippen LogP contribution in [0.1, 0.15) is 46.0 Å². The molecular weight excluding hydrogens is 228 g/mol. The Bertz CT molecular complexity index is 402. The van der Waals surface area contributed by atoms with E-state index in [9.17, 15) is 0 Å². The van der Waals surface area contributed by atoms with Gasteiger partial charge in [-0.25, -0.2) is 4.98 Å². The van der Waals surface area contributed by atoms with Crippen LogP contribution in [0.5, 0.6) is 5.88 Å². The average molecular weight is 250 g/mol. The zero-order chi connectivity index (χ0) is 13.0. The van der Waals surface area contributed by atoms with Gasteiger partial charge >= 0.3 is 0 Å². The van der Waals surface area contributed by atoms with E-state index >= 15 is 0 Å². The summed E-state index contributed by atoms with van der Waals surface area (Å²) in [5, 5.41) is 3.45. The third kappa shape index (κ3) is 2.83. The van der Waals surface area contributed by atoms with Crippen molar-refractivity contribution in [3.05, 3.63) is 6.33 Å². The van der Waals surface area contributed by atoms with E-state index in [1.54, 1.807) is 0 Å². The average Bonchev–Trinajstić information content (AvgIpc) is 2.77. The largest absolute Gasteiger partial charge is 0.476 e. The summed E-state index contributed by atoms with van der Waals surface area (Å²) in [7, 11) is 0. The number of nitrogens with two attached hydrogens (primary N) is 1. The molecule has 1 heterocycles. The highest BCUT2D eigenvalue weighted by molar-refractivity contribution is 5.67. The Morgan fingerprint density at radius 1 is 1.39 bits per heavy atom. The molecule has 3 N–H and O–H groups in total. The molecule has 100 valence electrons. The second kappa shape index (κ2) is 5.42. The van der Waals surface area contributed by atoms with Gasteiger partial charge in [0.05, 0.1) is 6.61 Å². The standard InChI is InChI=1S/C13H22N4O/c1-3-8-18-12-10(14)11(15-9-16-12)17-13(2)6-4-5-7-13/h9H,3-8,14H2,1-2H3,(H,15,16,17). The summed E-state index contributed by atoms with van der Waals surface area (Å²) in [6, 6.07) is 0. The van der Waals surface area contributed by atoms with Crippen LogP contribution in [0.2, 0.25) is 0 Å². The van der Waals surface area contributed by atoms with Crippen molar-refractivity contribution in [3.63, 3.8) is 0 Å². The van der Waals surface area contributed by atoms with Crippen molar-refractivity contribution in [2.45, 2.75) is 51.5 Å². The maximum Gasteiger partial charge on any atom is 0.242 e. The number of hydrogen-bond donors (Lipinski definition) is 2. The molecule has 1 aliphatic carbocycles. The highest BCUT2D eigenvalue weighted by Gasteiger charge is 2.29. The van der Waals surface area contributed by atoms with Crippen molar-refractivity contribution in [1.29, 1.82) is 0 Å². The first-order chi connectivity index (χ1) is 8.64. The first-order valence-corrected chi connectivity index (χ1v) is 6.66. The lowest BCUT2D eigenvalue weighted by Gasteiger charge is -2.26. The van der Waals surface area contributed by atoms with Crippen LogP contribution in [0.4, 0.5) is 11.5 Å². The monoisotopic (exact) mass is 250 g/mol. The van der Waals surface area contributed by atoms with Crippen molar-refractivity contribution in [2.75, 3.05) is 17.7 Å². The smallest absolute Gasteiger partial charge is 0.242 e. The van der Waals surface area contributed by atoms with E-state index in [4.69, 9.17) is 10.5 Å². The molecule has 0 radical (unpaired) electrons. The topological polar surface area (TPSA) is 73.1 Å². The predicted molar refractivity (Wildman–Crippen MR) is 72.7 cm³/mol. The maximum absolute atomic E-state index is 6.05. The molecule has 5 nitrogen and oxygen atoms in total. The van der Waals surface area contributed by atoms with E-state index in [-0.39, 0.29) is 5.54 Å². The summed E-state index contributed by atoms with van der Waals surface area (Å²) in [5.41, 5.74) is 6.66. The minimum absolute atomic E-state index is 0.102. The lowest BCUT2D eigenvalue weighted by atomic mass is 10.0. The molecule has 1 fully saturated rings. The van der Waals surface area contributed by atoms with Gasteiger partial charge in [-0.05, 0) is 26.2 Å². The Hall–Kier alpha value is -1.52. The molecule has 0 amide bonds. The van der Waals surface area contributed by atoms with Gasteiger partial charge in [-0.15, -0.1) is 0 Å². The number of nitrogens with zero attached hydrogens (tertiary/aromatic N) is 2. The molecule has 0 aliphatic heterocycles. The van der Waals surface area contributed by atoms with E-state index in [2.05, 4.69) is 29.1 Å². The summed E-state index contributed by atoms with van der Waals surface area (Å²) in [6.45, 7) is 4.89. The van der Waals surface area contributed by atoms with E-state index in [0.29, 0.717) is 24.0 Å². The SMILES string of the molecule is CCCOc1ncnc(NC2(C)CCCC2)c1N. The van der Waals surface area contributed by atoms with Gasteiger partial charge in [0.2, 0.25) is 5.88 Å². The van der Waals surface area contributed by atoms with Crippen LogP contribution in [0.3, 0.4) is 0 Å². The molecule has 0 spiro atoms. The number of rotatable bonds is 5. The summed E-state index contributed by atoms with van der Waals surface area (Å²) in [5.74, 6) is 1.18. The Labute approximate surface area is 108 Å². The third-order valence-electron chi connectivity index (χ3n) is 3.42. The van der Waals surface area contributed by atoms with Gasteiger partial charge in [0.15, 0.2) is 5.82 Å². The first kappa shape index (κ1) is 12.9. The van der Waals surface area contributed by atoms with Crippen LogP contribution >= 0.6 is 0 Å². The minimum Gasteiger partial charge on any atom is -0.476 e. The molecule has 1 aliphatic rings. The zero-order valence-electron chi connectivity index (χ0n) is 11.2. The second-order valence-electron chi connectivity index (χ2n) is 5.18. The summed E-state index contributed by atoms with van der Waals surface area (Å²) in [6.07, 6.45) is 7.26. The number of nitrogens with one attached hydrogen (secondary N) is 1. The van der Waals surface area contributed by atoms with E-state index in [0.717, 1.165) is 19.3 Å². The van der Waals surface area contributed by atoms with Gasteiger partial charge in [0, 0.05) is 5.54 Å². The van der Waals surface area contributed by atoms with Gasteiger partial charge in [-0.1, -0.05) is 19.8 Å². The predicted octanol–water partition coefficient (Wildman–Crippen LogP) is 2.59. The normalized spacial score (nSPS) is 17.7. The molecule has 18 heavy (non-hydrogen) atoms. The van der Waals surface area contributed by atoms with E-state index in [1.807, 2.05) is 0 Å². The van der Waals surface area contributed by atoms with Crippen LogP contribution in [0.15, 0.2) is 6.33 Å². The Morgan fingerprint density at radius 2 is 2.11 bits per heavy atom. The number of ether oxygens (including phenoxy) is 1. The zero-order valence-corrected chi connectivity index (χ0v) is 11.2. The molecule has 0 saturated heterocycles. The van der Waals surface area contributed by atoms with Crippen molar-refractivity contribution in [3.8, 4) is 5.88 Å². The quantitative estimate of drug-likeness (QED) is 0.840. The molecule has 0 unspecified atom stereocenters. The lowest BCUT2D eigenvalue weighted by Crippen LogP contribution is -2.31. The fraction of sp³-hybridized carbons (Fsp3) is 0.692. The van der Waals surface area contributed by atoms with Crippen molar-refractivity contribution < 1.29 is 4.74 Å². The molecule has 0 atom stereocenters. The lowest BCUT2D eigenvalue weighted by molar-refractivity contribution is 0.306. The molecule has 5 heteroatoms. The van der Waals surface area contributed by atoms with E-state index in [1.165, 1.54) is 19.2 Å².